The van der Waals surface area contributed by atoms with Gasteiger partial charge in [-0.3, -0.25) is 0 Å². The molecule has 1 N–H and O–H groups in total. The van der Waals surface area contributed by atoms with Gasteiger partial charge in [-0.15, -0.1) is 0 Å². The average molecular weight is 306 g/mol. The standard InChI is InChI=1S/C19H22N4/c1-14-3-2-7-23(14)8-6-18-10-16-9-15(4-5-19(16)22-18)17-11-20-13-21-12-17/h4-5,9-14,22H,2-3,6-8H2,1H3/t14-/m1/s1. The summed E-state index contributed by atoms with van der Waals surface area (Å²) in [5, 5.41) is 1.26. The van der Waals surface area contributed by atoms with E-state index >= 15 is 0 Å². The summed E-state index contributed by atoms with van der Waals surface area (Å²) in [6.07, 6.45) is 9.05. The lowest BCUT2D eigenvalue weighted by atomic mass is 10.1. The molecule has 0 saturated carbocycles. The Balaban J connectivity index is 1.54. The number of aromatic amines is 1. The molecular formula is C19H22N4. The third-order valence-corrected chi connectivity index (χ3v) is 4.93. The molecule has 1 aliphatic heterocycles. The summed E-state index contributed by atoms with van der Waals surface area (Å²) >= 11 is 0. The van der Waals surface area contributed by atoms with E-state index in [1.54, 1.807) is 6.33 Å². The van der Waals surface area contributed by atoms with Crippen LogP contribution < -0.4 is 0 Å². The normalized spacial score (nSPS) is 18.7. The lowest BCUT2D eigenvalue weighted by Gasteiger charge is -2.20. The highest BCUT2D eigenvalue weighted by atomic mass is 15.2. The molecule has 1 aromatic carbocycles. The molecule has 1 aliphatic rings. The van der Waals surface area contributed by atoms with Crippen LogP contribution in [0.3, 0.4) is 0 Å². The fourth-order valence-electron chi connectivity index (χ4n) is 3.54. The predicted octanol–water partition coefficient (Wildman–Crippen LogP) is 3.65. The summed E-state index contributed by atoms with van der Waals surface area (Å²) in [6, 6.07) is 9.52. The molecule has 118 valence electrons. The molecule has 2 aromatic heterocycles. The van der Waals surface area contributed by atoms with E-state index in [0.717, 1.165) is 30.1 Å². The number of H-pyrrole nitrogens is 1. The molecule has 0 aliphatic carbocycles. The van der Waals surface area contributed by atoms with Crippen molar-refractivity contribution in [3.63, 3.8) is 0 Å². The van der Waals surface area contributed by atoms with Gasteiger partial charge in [-0.1, -0.05) is 6.07 Å². The van der Waals surface area contributed by atoms with Crippen LogP contribution in [-0.2, 0) is 6.42 Å². The molecule has 0 spiro atoms. The molecule has 1 fully saturated rings. The molecule has 4 rings (SSSR count). The van der Waals surface area contributed by atoms with Gasteiger partial charge in [0, 0.05) is 53.6 Å². The van der Waals surface area contributed by atoms with Crippen molar-refractivity contribution in [2.24, 2.45) is 0 Å². The van der Waals surface area contributed by atoms with Crippen molar-refractivity contribution in [3.8, 4) is 11.1 Å². The average Bonchev–Trinajstić information content (AvgIpc) is 3.18. The number of nitrogens with zero attached hydrogens (tertiary/aromatic N) is 3. The highest BCUT2D eigenvalue weighted by molar-refractivity contribution is 5.85. The zero-order valence-corrected chi connectivity index (χ0v) is 13.5. The van der Waals surface area contributed by atoms with Gasteiger partial charge in [-0.05, 0) is 50.1 Å². The van der Waals surface area contributed by atoms with E-state index in [2.05, 4.69) is 51.0 Å². The number of benzene rings is 1. The van der Waals surface area contributed by atoms with Gasteiger partial charge in [0.15, 0.2) is 0 Å². The van der Waals surface area contributed by atoms with Crippen LogP contribution >= 0.6 is 0 Å². The summed E-state index contributed by atoms with van der Waals surface area (Å²) < 4.78 is 0. The van der Waals surface area contributed by atoms with Crippen LogP contribution in [0.5, 0.6) is 0 Å². The second kappa shape index (κ2) is 6.13. The summed E-state index contributed by atoms with van der Waals surface area (Å²) in [4.78, 5) is 14.4. The first-order valence-corrected chi connectivity index (χ1v) is 8.41. The topological polar surface area (TPSA) is 44.8 Å². The SMILES string of the molecule is C[C@@H]1CCCN1CCc1cc2cc(-c3cncnc3)ccc2[nH]1. The molecule has 0 bridgehead atoms. The quantitative estimate of drug-likeness (QED) is 0.800. The molecule has 0 radical (unpaired) electrons. The van der Waals surface area contributed by atoms with Crippen LogP contribution in [0.15, 0.2) is 43.0 Å². The van der Waals surface area contributed by atoms with Gasteiger partial charge in [0.2, 0.25) is 0 Å². The van der Waals surface area contributed by atoms with Crippen LogP contribution in [0.1, 0.15) is 25.5 Å². The second-order valence-electron chi connectivity index (χ2n) is 6.50. The molecule has 4 nitrogen and oxygen atoms in total. The lowest BCUT2D eigenvalue weighted by molar-refractivity contribution is 0.271. The van der Waals surface area contributed by atoms with Crippen molar-refractivity contribution >= 4 is 10.9 Å². The van der Waals surface area contributed by atoms with Crippen molar-refractivity contribution in [2.75, 3.05) is 13.1 Å². The zero-order chi connectivity index (χ0) is 15.6. The molecule has 0 unspecified atom stereocenters. The molecular weight excluding hydrogens is 284 g/mol. The summed E-state index contributed by atoms with van der Waals surface area (Å²) in [5.74, 6) is 0. The minimum Gasteiger partial charge on any atom is -0.358 e. The van der Waals surface area contributed by atoms with Gasteiger partial charge in [0.05, 0.1) is 0 Å². The van der Waals surface area contributed by atoms with Crippen molar-refractivity contribution in [3.05, 3.63) is 48.7 Å². The Morgan fingerprint density at radius 3 is 2.83 bits per heavy atom. The number of fused-ring (bicyclic) bond motifs is 1. The first-order chi connectivity index (χ1) is 11.3. The third kappa shape index (κ3) is 2.99. The van der Waals surface area contributed by atoms with Crippen LogP contribution in [0.4, 0.5) is 0 Å². The minimum atomic E-state index is 0.740. The van der Waals surface area contributed by atoms with Gasteiger partial charge in [-0.25, -0.2) is 9.97 Å². The molecule has 1 atom stereocenters. The molecule has 4 heteroatoms. The van der Waals surface area contributed by atoms with Gasteiger partial charge in [0.25, 0.3) is 0 Å². The van der Waals surface area contributed by atoms with Crippen molar-refractivity contribution < 1.29 is 0 Å². The van der Waals surface area contributed by atoms with Gasteiger partial charge >= 0.3 is 0 Å². The van der Waals surface area contributed by atoms with E-state index in [4.69, 9.17) is 0 Å². The largest absolute Gasteiger partial charge is 0.358 e. The van der Waals surface area contributed by atoms with Gasteiger partial charge in [0.1, 0.15) is 6.33 Å². The monoisotopic (exact) mass is 306 g/mol. The first-order valence-electron chi connectivity index (χ1n) is 8.41. The number of nitrogens with one attached hydrogen (secondary N) is 1. The van der Waals surface area contributed by atoms with Gasteiger partial charge in [-0.2, -0.15) is 0 Å². The number of likely N-dealkylation sites (tertiary alicyclic amines) is 1. The van der Waals surface area contributed by atoms with Gasteiger partial charge < -0.3 is 9.88 Å². The third-order valence-electron chi connectivity index (χ3n) is 4.93. The Morgan fingerprint density at radius 2 is 2.04 bits per heavy atom. The van der Waals surface area contributed by atoms with E-state index in [1.807, 2.05) is 12.4 Å². The van der Waals surface area contributed by atoms with Crippen LogP contribution in [0, 0.1) is 0 Å². The van der Waals surface area contributed by atoms with Crippen molar-refractivity contribution in [1.29, 1.82) is 0 Å². The molecule has 23 heavy (non-hydrogen) atoms. The zero-order valence-electron chi connectivity index (χ0n) is 13.5. The van der Waals surface area contributed by atoms with Crippen molar-refractivity contribution in [1.82, 2.24) is 19.9 Å². The maximum absolute atomic E-state index is 4.10. The van der Waals surface area contributed by atoms with Crippen LogP contribution in [0.2, 0.25) is 0 Å². The fourth-order valence-corrected chi connectivity index (χ4v) is 3.54. The number of aromatic nitrogens is 3. The highest BCUT2D eigenvalue weighted by Crippen LogP contribution is 2.24. The van der Waals surface area contributed by atoms with Crippen LogP contribution in [0.25, 0.3) is 22.0 Å². The van der Waals surface area contributed by atoms with E-state index in [-0.39, 0.29) is 0 Å². The van der Waals surface area contributed by atoms with E-state index in [1.165, 1.54) is 36.0 Å². The lowest BCUT2D eigenvalue weighted by Crippen LogP contribution is -2.29. The van der Waals surface area contributed by atoms with Crippen molar-refractivity contribution in [2.45, 2.75) is 32.2 Å². The van der Waals surface area contributed by atoms with Crippen LogP contribution in [-0.4, -0.2) is 39.0 Å². The molecule has 3 aromatic rings. The predicted molar refractivity (Wildman–Crippen MR) is 93.3 cm³/mol. The minimum absolute atomic E-state index is 0.740. The second-order valence-corrected chi connectivity index (χ2v) is 6.50. The maximum atomic E-state index is 4.10. The summed E-state index contributed by atoms with van der Waals surface area (Å²) in [5.41, 5.74) is 4.75. The Morgan fingerprint density at radius 1 is 1.17 bits per heavy atom. The maximum Gasteiger partial charge on any atom is 0.115 e. The highest BCUT2D eigenvalue weighted by Gasteiger charge is 2.19. The smallest absolute Gasteiger partial charge is 0.115 e. The molecule has 0 amide bonds. The Kier molecular flexibility index (Phi) is 3.83. The Labute approximate surface area is 136 Å². The van der Waals surface area contributed by atoms with E-state index in [0.29, 0.717) is 0 Å². The Hall–Kier alpha value is -2.20. The number of hydrogen-bond acceptors (Lipinski definition) is 3. The number of rotatable bonds is 4. The fraction of sp³-hybridized carbons (Fsp3) is 0.368. The summed E-state index contributed by atoms with van der Waals surface area (Å²) in [7, 11) is 0. The molecule has 3 heterocycles. The molecule has 1 saturated heterocycles. The van der Waals surface area contributed by atoms with E-state index < -0.39 is 0 Å². The summed E-state index contributed by atoms with van der Waals surface area (Å²) in [6.45, 7) is 4.74. The van der Waals surface area contributed by atoms with E-state index in [9.17, 15) is 0 Å². The first kappa shape index (κ1) is 14.4. The Bertz CT molecular complexity index is 793. The number of hydrogen-bond donors (Lipinski definition) is 1.